The molecule has 0 saturated heterocycles. The van der Waals surface area contributed by atoms with Crippen LogP contribution in [0.4, 0.5) is 0 Å². The average Bonchev–Trinajstić information content (AvgIpc) is 2.33. The fourth-order valence-electron chi connectivity index (χ4n) is 1.48. The average molecular weight is 264 g/mol. The zero-order valence-electron chi connectivity index (χ0n) is 11.9. The van der Waals surface area contributed by atoms with Crippen molar-refractivity contribution >= 4 is 11.8 Å². The van der Waals surface area contributed by atoms with E-state index in [0.29, 0.717) is 23.8 Å². The van der Waals surface area contributed by atoms with Gasteiger partial charge in [0.05, 0.1) is 6.61 Å². The molecule has 1 aromatic rings. The van der Waals surface area contributed by atoms with Crippen molar-refractivity contribution in [3.05, 3.63) is 29.3 Å². The van der Waals surface area contributed by atoms with Crippen LogP contribution in [-0.4, -0.2) is 18.4 Å². The standard InChI is InChI=1S/C15H20O4/c1-10(2)8-19-15-6-13(9-18-12(4)17)5-14(7-15)11(3)16/h5-7,10H,8-9H2,1-4H3. The Morgan fingerprint density at radius 2 is 1.84 bits per heavy atom. The number of Topliss-reactive ketones (excluding diaryl/α,β-unsaturated/α-hetero) is 1. The fourth-order valence-corrected chi connectivity index (χ4v) is 1.48. The van der Waals surface area contributed by atoms with Crippen molar-refractivity contribution < 1.29 is 19.1 Å². The van der Waals surface area contributed by atoms with Crippen molar-refractivity contribution in [3.8, 4) is 5.75 Å². The lowest BCUT2D eigenvalue weighted by Crippen LogP contribution is -2.06. The van der Waals surface area contributed by atoms with Gasteiger partial charge in [0.25, 0.3) is 0 Å². The zero-order valence-corrected chi connectivity index (χ0v) is 11.9. The van der Waals surface area contributed by atoms with Gasteiger partial charge in [0, 0.05) is 12.5 Å². The second-order valence-electron chi connectivity index (χ2n) is 4.91. The van der Waals surface area contributed by atoms with Crippen molar-refractivity contribution in [1.82, 2.24) is 0 Å². The van der Waals surface area contributed by atoms with E-state index in [1.807, 2.05) is 0 Å². The van der Waals surface area contributed by atoms with Gasteiger partial charge in [0.1, 0.15) is 12.4 Å². The predicted octanol–water partition coefficient (Wildman–Crippen LogP) is 2.99. The third kappa shape index (κ3) is 5.55. The van der Waals surface area contributed by atoms with Crippen LogP contribution in [-0.2, 0) is 16.1 Å². The van der Waals surface area contributed by atoms with Crippen molar-refractivity contribution in [2.24, 2.45) is 5.92 Å². The van der Waals surface area contributed by atoms with Gasteiger partial charge in [-0.15, -0.1) is 0 Å². The molecule has 0 spiro atoms. The number of esters is 1. The summed E-state index contributed by atoms with van der Waals surface area (Å²) in [4.78, 5) is 22.3. The zero-order chi connectivity index (χ0) is 14.4. The lowest BCUT2D eigenvalue weighted by Gasteiger charge is -2.12. The summed E-state index contributed by atoms with van der Waals surface area (Å²) >= 11 is 0. The Balaban J connectivity index is 2.90. The third-order valence-electron chi connectivity index (χ3n) is 2.40. The highest BCUT2D eigenvalue weighted by atomic mass is 16.5. The maximum atomic E-state index is 11.5. The Bertz CT molecular complexity index is 463. The van der Waals surface area contributed by atoms with Crippen LogP contribution in [0.1, 0.15) is 43.6 Å². The first kappa shape index (κ1) is 15.2. The van der Waals surface area contributed by atoms with Crippen molar-refractivity contribution in [3.63, 3.8) is 0 Å². The molecule has 4 nitrogen and oxygen atoms in total. The molecule has 0 aliphatic rings. The maximum Gasteiger partial charge on any atom is 0.302 e. The van der Waals surface area contributed by atoms with Crippen molar-refractivity contribution in [2.45, 2.75) is 34.3 Å². The first-order valence-corrected chi connectivity index (χ1v) is 6.29. The Hall–Kier alpha value is -1.84. The summed E-state index contributed by atoms with van der Waals surface area (Å²) in [5.74, 6) is 0.637. The molecular weight excluding hydrogens is 244 g/mol. The minimum Gasteiger partial charge on any atom is -0.493 e. The topological polar surface area (TPSA) is 52.6 Å². The molecule has 0 amide bonds. The van der Waals surface area contributed by atoms with Crippen LogP contribution in [0.3, 0.4) is 0 Å². The molecule has 0 aliphatic heterocycles. The van der Waals surface area contributed by atoms with Crippen molar-refractivity contribution in [2.75, 3.05) is 6.61 Å². The molecule has 0 N–H and O–H groups in total. The fraction of sp³-hybridized carbons (Fsp3) is 0.467. The Labute approximate surface area is 113 Å². The molecule has 0 radical (unpaired) electrons. The molecule has 0 saturated carbocycles. The van der Waals surface area contributed by atoms with Gasteiger partial charge in [-0.05, 0) is 36.6 Å². The van der Waals surface area contributed by atoms with Crippen LogP contribution in [0.15, 0.2) is 18.2 Å². The molecule has 104 valence electrons. The summed E-state index contributed by atoms with van der Waals surface area (Å²) in [6.07, 6.45) is 0. The number of carbonyl (C=O) groups is 2. The molecular formula is C15H20O4. The quantitative estimate of drug-likeness (QED) is 0.585. The first-order chi connectivity index (χ1) is 8.88. The molecule has 19 heavy (non-hydrogen) atoms. The summed E-state index contributed by atoms with van der Waals surface area (Å²) < 4.78 is 10.6. The summed E-state index contributed by atoms with van der Waals surface area (Å²) in [5, 5.41) is 0. The van der Waals surface area contributed by atoms with E-state index in [2.05, 4.69) is 13.8 Å². The number of rotatable bonds is 6. The molecule has 0 fully saturated rings. The van der Waals surface area contributed by atoms with E-state index in [0.717, 1.165) is 5.56 Å². The van der Waals surface area contributed by atoms with E-state index in [1.54, 1.807) is 18.2 Å². The Kier molecular flexibility index (Phi) is 5.55. The molecule has 0 atom stereocenters. The van der Waals surface area contributed by atoms with E-state index in [1.165, 1.54) is 13.8 Å². The second-order valence-corrected chi connectivity index (χ2v) is 4.91. The van der Waals surface area contributed by atoms with E-state index in [4.69, 9.17) is 9.47 Å². The summed E-state index contributed by atoms with van der Waals surface area (Å²) in [7, 11) is 0. The van der Waals surface area contributed by atoms with Gasteiger partial charge in [0.2, 0.25) is 0 Å². The maximum absolute atomic E-state index is 11.5. The van der Waals surface area contributed by atoms with Gasteiger partial charge in [-0.3, -0.25) is 9.59 Å². The molecule has 0 heterocycles. The number of hydrogen-bond donors (Lipinski definition) is 0. The van der Waals surface area contributed by atoms with E-state index in [9.17, 15) is 9.59 Å². The minimum absolute atomic E-state index is 0.0425. The van der Waals surface area contributed by atoms with Crippen LogP contribution in [0, 0.1) is 5.92 Å². The van der Waals surface area contributed by atoms with Crippen LogP contribution >= 0.6 is 0 Å². The molecule has 0 unspecified atom stereocenters. The second kappa shape index (κ2) is 6.92. The highest BCUT2D eigenvalue weighted by Gasteiger charge is 2.07. The van der Waals surface area contributed by atoms with Crippen LogP contribution in [0.2, 0.25) is 0 Å². The molecule has 1 aromatic carbocycles. The first-order valence-electron chi connectivity index (χ1n) is 6.29. The van der Waals surface area contributed by atoms with Gasteiger partial charge >= 0.3 is 5.97 Å². The highest BCUT2D eigenvalue weighted by molar-refractivity contribution is 5.94. The Morgan fingerprint density at radius 1 is 1.16 bits per heavy atom. The smallest absolute Gasteiger partial charge is 0.302 e. The number of carbonyl (C=O) groups excluding carboxylic acids is 2. The molecule has 4 heteroatoms. The van der Waals surface area contributed by atoms with Gasteiger partial charge < -0.3 is 9.47 Å². The normalized spacial score (nSPS) is 10.4. The lowest BCUT2D eigenvalue weighted by atomic mass is 10.1. The molecule has 0 aromatic heterocycles. The monoisotopic (exact) mass is 264 g/mol. The van der Waals surface area contributed by atoms with Gasteiger partial charge in [-0.1, -0.05) is 13.8 Å². The van der Waals surface area contributed by atoms with Crippen LogP contribution in [0.25, 0.3) is 0 Å². The highest BCUT2D eigenvalue weighted by Crippen LogP contribution is 2.19. The minimum atomic E-state index is -0.349. The largest absolute Gasteiger partial charge is 0.493 e. The van der Waals surface area contributed by atoms with Crippen LogP contribution < -0.4 is 4.74 Å². The van der Waals surface area contributed by atoms with Crippen molar-refractivity contribution in [1.29, 1.82) is 0 Å². The summed E-state index contributed by atoms with van der Waals surface area (Å²) in [6.45, 7) is 7.67. The lowest BCUT2D eigenvalue weighted by molar-refractivity contribution is -0.142. The van der Waals surface area contributed by atoms with E-state index < -0.39 is 0 Å². The molecule has 0 aliphatic carbocycles. The van der Waals surface area contributed by atoms with E-state index in [-0.39, 0.29) is 18.4 Å². The Morgan fingerprint density at radius 3 is 2.37 bits per heavy atom. The number of ether oxygens (including phenoxy) is 2. The number of hydrogen-bond acceptors (Lipinski definition) is 4. The van der Waals surface area contributed by atoms with Gasteiger partial charge in [-0.25, -0.2) is 0 Å². The molecule has 1 rings (SSSR count). The van der Waals surface area contributed by atoms with Gasteiger partial charge in [-0.2, -0.15) is 0 Å². The third-order valence-corrected chi connectivity index (χ3v) is 2.40. The van der Waals surface area contributed by atoms with E-state index >= 15 is 0 Å². The van der Waals surface area contributed by atoms with Gasteiger partial charge in [0.15, 0.2) is 5.78 Å². The number of benzene rings is 1. The SMILES string of the molecule is CC(=O)OCc1cc(OCC(C)C)cc(C(C)=O)c1. The molecule has 0 bridgehead atoms. The summed E-state index contributed by atoms with van der Waals surface area (Å²) in [5.41, 5.74) is 1.31. The number of ketones is 1. The van der Waals surface area contributed by atoms with Crippen LogP contribution in [0.5, 0.6) is 5.75 Å². The predicted molar refractivity (Wildman–Crippen MR) is 72.2 cm³/mol. The summed E-state index contributed by atoms with van der Waals surface area (Å²) in [6, 6.07) is 5.22.